The zero-order valence-corrected chi connectivity index (χ0v) is 13.3. The van der Waals surface area contributed by atoms with Gasteiger partial charge in [-0.15, -0.1) is 0 Å². The molecule has 1 amide bonds. The fourth-order valence-electron chi connectivity index (χ4n) is 2.17. The molecular weight excluding hydrogens is 266 g/mol. The highest BCUT2D eigenvalue weighted by Gasteiger charge is 2.13. The lowest BCUT2D eigenvalue weighted by Crippen LogP contribution is -2.35. The highest BCUT2D eigenvalue weighted by atomic mass is 16.5. The molecule has 0 spiro atoms. The number of nitrogens with one attached hydrogen (secondary N) is 1. The molecule has 0 aromatic heterocycles. The van der Waals surface area contributed by atoms with Crippen molar-refractivity contribution < 1.29 is 9.53 Å². The van der Waals surface area contributed by atoms with Crippen molar-refractivity contribution in [3.05, 3.63) is 29.8 Å². The lowest BCUT2D eigenvalue weighted by Gasteiger charge is -2.20. The number of nitrogens with zero attached hydrogens (tertiary/aromatic N) is 1. The number of rotatable bonds is 9. The smallest absolute Gasteiger partial charge is 0.223 e. The summed E-state index contributed by atoms with van der Waals surface area (Å²) >= 11 is 0. The molecule has 0 radical (unpaired) electrons. The Kier molecular flexibility index (Phi) is 7.79. The lowest BCUT2D eigenvalue weighted by atomic mass is 10.1. The third kappa shape index (κ3) is 6.60. The highest BCUT2D eigenvalue weighted by Crippen LogP contribution is 2.13. The minimum atomic E-state index is 0.00199. The van der Waals surface area contributed by atoms with Gasteiger partial charge in [0, 0.05) is 32.6 Å². The van der Waals surface area contributed by atoms with Gasteiger partial charge in [0.25, 0.3) is 0 Å². The molecule has 1 atom stereocenters. The number of amides is 1. The van der Waals surface area contributed by atoms with Crippen LogP contribution in [0.25, 0.3) is 0 Å². The molecule has 0 saturated carbocycles. The molecule has 0 aliphatic heterocycles. The Hall–Kier alpha value is -1.59. The van der Waals surface area contributed by atoms with Crippen LogP contribution < -0.4 is 15.8 Å². The molecule has 5 heteroatoms. The summed E-state index contributed by atoms with van der Waals surface area (Å²) < 4.78 is 5.71. The van der Waals surface area contributed by atoms with Crippen molar-refractivity contribution in [1.82, 2.24) is 10.2 Å². The predicted molar refractivity (Wildman–Crippen MR) is 85.2 cm³/mol. The van der Waals surface area contributed by atoms with E-state index in [4.69, 9.17) is 10.5 Å². The lowest BCUT2D eigenvalue weighted by molar-refractivity contribution is -0.124. The number of nitrogens with two attached hydrogens (primary N) is 1. The third-order valence-electron chi connectivity index (χ3n) is 3.37. The fourth-order valence-corrected chi connectivity index (χ4v) is 2.17. The Balaban J connectivity index is 2.22. The highest BCUT2D eigenvalue weighted by molar-refractivity contribution is 5.78. The minimum Gasteiger partial charge on any atom is -0.494 e. The minimum absolute atomic E-state index is 0.00199. The second kappa shape index (κ2) is 9.37. The monoisotopic (exact) mass is 293 g/mol. The first-order valence-corrected chi connectivity index (χ1v) is 7.38. The molecule has 1 aromatic carbocycles. The van der Waals surface area contributed by atoms with Crippen LogP contribution in [0.5, 0.6) is 5.75 Å². The van der Waals surface area contributed by atoms with Gasteiger partial charge in [0.15, 0.2) is 0 Å². The summed E-state index contributed by atoms with van der Waals surface area (Å²) in [6.07, 6.45) is 0.920. The van der Waals surface area contributed by atoms with Gasteiger partial charge >= 0.3 is 0 Å². The molecule has 0 aliphatic rings. The maximum absolute atomic E-state index is 11.4. The molecule has 0 bridgehead atoms. The molecule has 0 saturated heterocycles. The third-order valence-corrected chi connectivity index (χ3v) is 3.37. The van der Waals surface area contributed by atoms with E-state index in [1.807, 2.05) is 38.2 Å². The summed E-state index contributed by atoms with van der Waals surface area (Å²) in [7, 11) is 3.69. The second-order valence-electron chi connectivity index (χ2n) is 5.33. The average molecular weight is 293 g/mol. The van der Waals surface area contributed by atoms with E-state index in [2.05, 4.69) is 10.2 Å². The fraction of sp³-hybridized carbons (Fsp3) is 0.562. The first kappa shape index (κ1) is 17.5. The van der Waals surface area contributed by atoms with Crippen LogP contribution in [0.1, 0.15) is 18.9 Å². The van der Waals surface area contributed by atoms with Gasteiger partial charge in [0.2, 0.25) is 5.91 Å². The van der Waals surface area contributed by atoms with Crippen LogP contribution in [0, 0.1) is 5.92 Å². The Morgan fingerprint density at radius 2 is 2.24 bits per heavy atom. The number of benzene rings is 1. The molecule has 5 nitrogen and oxygen atoms in total. The molecule has 118 valence electrons. The van der Waals surface area contributed by atoms with Gasteiger partial charge in [-0.05, 0) is 31.2 Å². The van der Waals surface area contributed by atoms with E-state index >= 15 is 0 Å². The van der Waals surface area contributed by atoms with E-state index in [0.717, 1.165) is 30.8 Å². The quantitative estimate of drug-likeness (QED) is 0.672. The molecule has 0 aliphatic carbocycles. The molecule has 1 unspecified atom stereocenters. The van der Waals surface area contributed by atoms with Gasteiger partial charge in [0.05, 0.1) is 6.61 Å². The van der Waals surface area contributed by atoms with Crippen LogP contribution in [-0.2, 0) is 11.3 Å². The molecule has 1 aromatic rings. The maximum Gasteiger partial charge on any atom is 0.223 e. The van der Waals surface area contributed by atoms with E-state index in [0.29, 0.717) is 13.2 Å². The van der Waals surface area contributed by atoms with E-state index in [1.54, 1.807) is 7.05 Å². The number of hydrogen-bond acceptors (Lipinski definition) is 4. The van der Waals surface area contributed by atoms with Crippen molar-refractivity contribution in [3.63, 3.8) is 0 Å². The number of carbonyl (C=O) groups is 1. The zero-order chi connectivity index (χ0) is 15.7. The van der Waals surface area contributed by atoms with Gasteiger partial charge in [0.1, 0.15) is 5.75 Å². The van der Waals surface area contributed by atoms with Crippen LogP contribution in [0.4, 0.5) is 0 Å². The molecule has 21 heavy (non-hydrogen) atoms. The van der Waals surface area contributed by atoms with Gasteiger partial charge < -0.3 is 20.7 Å². The van der Waals surface area contributed by atoms with Crippen molar-refractivity contribution in [1.29, 1.82) is 0 Å². The standard InChI is InChI=1S/C16H27N3O2/c1-13(16(20)18-2)12-19(3)8-5-9-21-15-7-4-6-14(10-15)11-17/h4,6-7,10,13H,5,8-9,11-12,17H2,1-3H3,(H,18,20). The van der Waals surface area contributed by atoms with Crippen LogP contribution in [0.15, 0.2) is 24.3 Å². The molecule has 0 heterocycles. The largest absolute Gasteiger partial charge is 0.494 e. The number of ether oxygens (including phenoxy) is 1. The van der Waals surface area contributed by atoms with Crippen LogP contribution in [0.3, 0.4) is 0 Å². The van der Waals surface area contributed by atoms with Crippen LogP contribution in [-0.4, -0.2) is 44.6 Å². The van der Waals surface area contributed by atoms with Crippen molar-refractivity contribution in [2.45, 2.75) is 19.9 Å². The maximum atomic E-state index is 11.4. The molecule has 3 N–H and O–H groups in total. The number of hydrogen-bond donors (Lipinski definition) is 2. The van der Waals surface area contributed by atoms with Gasteiger partial charge in [-0.1, -0.05) is 19.1 Å². The summed E-state index contributed by atoms with van der Waals surface area (Å²) in [5.74, 6) is 0.943. The Morgan fingerprint density at radius 3 is 2.90 bits per heavy atom. The molecule has 0 fully saturated rings. The van der Waals surface area contributed by atoms with Crippen molar-refractivity contribution >= 4 is 5.91 Å². The summed E-state index contributed by atoms with van der Waals surface area (Å²) in [6.45, 7) is 4.77. The van der Waals surface area contributed by atoms with Gasteiger partial charge in [-0.25, -0.2) is 0 Å². The average Bonchev–Trinajstić information content (AvgIpc) is 2.50. The molecule has 1 rings (SSSR count). The Morgan fingerprint density at radius 1 is 1.48 bits per heavy atom. The van der Waals surface area contributed by atoms with E-state index in [-0.39, 0.29) is 11.8 Å². The van der Waals surface area contributed by atoms with E-state index < -0.39 is 0 Å². The van der Waals surface area contributed by atoms with E-state index in [1.165, 1.54) is 0 Å². The topological polar surface area (TPSA) is 67.6 Å². The normalized spacial score (nSPS) is 12.2. The van der Waals surface area contributed by atoms with Crippen LogP contribution >= 0.6 is 0 Å². The molecular formula is C16H27N3O2. The van der Waals surface area contributed by atoms with Crippen molar-refractivity contribution in [2.75, 3.05) is 33.8 Å². The Labute approximate surface area is 127 Å². The predicted octanol–water partition coefficient (Wildman–Crippen LogP) is 1.23. The summed E-state index contributed by atoms with van der Waals surface area (Å²) in [6, 6.07) is 7.85. The summed E-state index contributed by atoms with van der Waals surface area (Å²) in [4.78, 5) is 13.6. The van der Waals surface area contributed by atoms with E-state index in [9.17, 15) is 4.79 Å². The van der Waals surface area contributed by atoms with Crippen molar-refractivity contribution in [2.24, 2.45) is 11.7 Å². The van der Waals surface area contributed by atoms with Crippen molar-refractivity contribution in [3.8, 4) is 5.75 Å². The van der Waals surface area contributed by atoms with Gasteiger partial charge in [-0.3, -0.25) is 4.79 Å². The first-order valence-electron chi connectivity index (χ1n) is 7.38. The SMILES string of the molecule is CNC(=O)C(C)CN(C)CCCOc1cccc(CN)c1. The first-order chi connectivity index (χ1) is 10.1. The summed E-state index contributed by atoms with van der Waals surface area (Å²) in [5.41, 5.74) is 6.67. The number of carbonyl (C=O) groups excluding carboxylic acids is 1. The Bertz CT molecular complexity index is 437. The summed E-state index contributed by atoms with van der Waals surface area (Å²) in [5, 5.41) is 2.67. The zero-order valence-electron chi connectivity index (χ0n) is 13.3. The van der Waals surface area contributed by atoms with Crippen LogP contribution in [0.2, 0.25) is 0 Å². The second-order valence-corrected chi connectivity index (χ2v) is 5.33. The van der Waals surface area contributed by atoms with Gasteiger partial charge in [-0.2, -0.15) is 0 Å².